The number of hydrogen-bond donors (Lipinski definition) is 1. The Bertz CT molecular complexity index is 835. The van der Waals surface area contributed by atoms with E-state index in [9.17, 15) is 18.0 Å². The Morgan fingerprint density at radius 2 is 1.57 bits per heavy atom. The highest BCUT2D eigenvalue weighted by Crippen LogP contribution is 2.31. The molecule has 2 aromatic rings. The summed E-state index contributed by atoms with van der Waals surface area (Å²) in [6, 6.07) is 11.6. The molecule has 0 aliphatic rings. The van der Waals surface area contributed by atoms with E-state index in [2.05, 4.69) is 0 Å². The van der Waals surface area contributed by atoms with Crippen LogP contribution in [0.2, 0.25) is 0 Å². The van der Waals surface area contributed by atoms with Gasteiger partial charge in [0.15, 0.2) is 0 Å². The average molecular weight is 392 g/mol. The lowest BCUT2D eigenvalue weighted by Crippen LogP contribution is -2.04. The van der Waals surface area contributed by atoms with Crippen LogP contribution in [0, 0.1) is 0 Å². The molecule has 0 radical (unpaired) electrons. The number of rotatable bonds is 8. The molecule has 0 fully saturated rings. The van der Waals surface area contributed by atoms with Gasteiger partial charge >= 0.3 is 12.1 Å². The number of benzene rings is 2. The summed E-state index contributed by atoms with van der Waals surface area (Å²) in [6.45, 7) is 0.831. The van der Waals surface area contributed by atoms with E-state index in [-0.39, 0.29) is 0 Å². The van der Waals surface area contributed by atoms with Gasteiger partial charge < -0.3 is 14.6 Å². The van der Waals surface area contributed by atoms with Crippen LogP contribution >= 0.6 is 0 Å². The minimum absolute atomic E-state index is 0.388. The van der Waals surface area contributed by atoms with Gasteiger partial charge in [-0.25, -0.2) is 4.79 Å². The molecule has 0 heterocycles. The second-order valence-corrected chi connectivity index (χ2v) is 5.72. The Balaban J connectivity index is 2.33. The van der Waals surface area contributed by atoms with E-state index in [1.165, 1.54) is 24.3 Å². The normalized spacial score (nSPS) is 12.4. The molecule has 28 heavy (non-hydrogen) atoms. The van der Waals surface area contributed by atoms with Gasteiger partial charge in [0.1, 0.15) is 12.4 Å². The molecule has 2 aromatic carbocycles. The van der Waals surface area contributed by atoms with E-state index >= 15 is 0 Å². The van der Waals surface area contributed by atoms with Crippen LogP contribution in [-0.4, -0.2) is 31.4 Å². The molecule has 0 aromatic heterocycles. The van der Waals surface area contributed by atoms with Crippen molar-refractivity contribution in [3.63, 3.8) is 0 Å². The van der Waals surface area contributed by atoms with Gasteiger partial charge in [0.2, 0.25) is 0 Å². The summed E-state index contributed by atoms with van der Waals surface area (Å²) < 4.78 is 48.8. The fourth-order valence-electron chi connectivity index (χ4n) is 2.40. The van der Waals surface area contributed by atoms with Crippen LogP contribution in [0.4, 0.5) is 13.2 Å². The number of carboxylic acids is 1. The number of alkyl halides is 3. The summed E-state index contributed by atoms with van der Waals surface area (Å²) in [5.74, 6) is -0.501. The topological polar surface area (TPSA) is 55.8 Å². The number of aliphatic carboxylic acids is 1. The van der Waals surface area contributed by atoms with Crippen LogP contribution in [0.25, 0.3) is 5.57 Å². The lowest BCUT2D eigenvalue weighted by Gasteiger charge is -2.12. The van der Waals surface area contributed by atoms with Gasteiger partial charge in [-0.2, -0.15) is 13.2 Å². The fraction of sp³-hybridized carbons (Fsp3) is 0.190. The minimum atomic E-state index is -4.42. The van der Waals surface area contributed by atoms with E-state index in [1.807, 2.05) is 0 Å². The first-order valence-corrected chi connectivity index (χ1v) is 8.32. The van der Waals surface area contributed by atoms with Gasteiger partial charge in [-0.15, -0.1) is 0 Å². The molecule has 0 unspecified atom stereocenters. The van der Waals surface area contributed by atoms with Gasteiger partial charge in [-0.1, -0.05) is 36.4 Å². The van der Waals surface area contributed by atoms with Crippen LogP contribution in [0.3, 0.4) is 0 Å². The molecule has 0 saturated heterocycles. The summed E-state index contributed by atoms with van der Waals surface area (Å²) in [7, 11) is 1.57. The average Bonchev–Trinajstić information content (AvgIpc) is 2.65. The van der Waals surface area contributed by atoms with Gasteiger partial charge in [-0.05, 0) is 41.0 Å². The number of carboxylic acid groups (broad SMARTS) is 1. The van der Waals surface area contributed by atoms with Gasteiger partial charge in [0, 0.05) is 13.2 Å². The predicted molar refractivity (Wildman–Crippen MR) is 99.1 cm³/mol. The third-order valence-corrected chi connectivity index (χ3v) is 3.75. The summed E-state index contributed by atoms with van der Waals surface area (Å²) in [5.41, 5.74) is 1.05. The highest BCUT2D eigenvalue weighted by molar-refractivity contribution is 5.84. The summed E-state index contributed by atoms with van der Waals surface area (Å²) in [5, 5.41) is 8.76. The van der Waals surface area contributed by atoms with Crippen LogP contribution < -0.4 is 4.74 Å². The van der Waals surface area contributed by atoms with Gasteiger partial charge in [-0.3, -0.25) is 0 Å². The van der Waals surface area contributed by atoms with E-state index < -0.39 is 17.7 Å². The predicted octanol–water partition coefficient (Wildman–Crippen LogP) is 4.80. The van der Waals surface area contributed by atoms with E-state index in [0.717, 1.165) is 18.2 Å². The summed E-state index contributed by atoms with van der Waals surface area (Å²) in [6.07, 6.45) is -0.602. The van der Waals surface area contributed by atoms with Crippen LogP contribution in [-0.2, 0) is 15.7 Å². The lowest BCUT2D eigenvalue weighted by molar-refractivity contribution is -0.137. The van der Waals surface area contributed by atoms with Crippen LogP contribution in [0.15, 0.2) is 66.8 Å². The monoisotopic (exact) mass is 392 g/mol. The molecule has 0 atom stereocenters. The van der Waals surface area contributed by atoms with Crippen molar-refractivity contribution in [2.75, 3.05) is 20.3 Å². The Kier molecular flexibility index (Phi) is 7.40. The maximum atomic E-state index is 12.8. The van der Waals surface area contributed by atoms with Crippen molar-refractivity contribution in [1.82, 2.24) is 0 Å². The number of methoxy groups -OCH3 is 1. The van der Waals surface area contributed by atoms with Crippen molar-refractivity contribution >= 4 is 11.5 Å². The smallest absolute Gasteiger partial charge is 0.416 e. The van der Waals surface area contributed by atoms with Crippen molar-refractivity contribution in [1.29, 1.82) is 0 Å². The fourth-order valence-corrected chi connectivity index (χ4v) is 2.40. The molecule has 148 valence electrons. The molecule has 1 N–H and O–H groups in total. The maximum Gasteiger partial charge on any atom is 0.416 e. The first-order chi connectivity index (χ1) is 13.3. The lowest BCUT2D eigenvalue weighted by atomic mass is 9.96. The zero-order chi connectivity index (χ0) is 20.6. The third-order valence-electron chi connectivity index (χ3n) is 3.75. The Hall–Kier alpha value is -3.06. The number of allylic oxidation sites excluding steroid dienone is 2. The van der Waals surface area contributed by atoms with Crippen molar-refractivity contribution in [2.45, 2.75) is 6.18 Å². The molecule has 2 rings (SSSR count). The molecule has 0 spiro atoms. The molecule has 0 bridgehead atoms. The first kappa shape index (κ1) is 21.2. The second kappa shape index (κ2) is 9.75. The van der Waals surface area contributed by atoms with E-state index in [1.54, 1.807) is 31.4 Å². The molecular formula is C21H19F3O4. The summed E-state index contributed by atoms with van der Waals surface area (Å²) in [4.78, 5) is 10.7. The number of ether oxygens (including phenoxy) is 2. The molecule has 4 nitrogen and oxygen atoms in total. The van der Waals surface area contributed by atoms with Gasteiger partial charge in [0.05, 0.1) is 12.2 Å². The Morgan fingerprint density at radius 1 is 1.00 bits per heavy atom. The quantitative estimate of drug-likeness (QED) is 0.398. The Labute approximate surface area is 160 Å². The molecule has 7 heteroatoms. The van der Waals surface area contributed by atoms with Crippen molar-refractivity contribution in [2.24, 2.45) is 0 Å². The molecule has 0 amide bonds. The number of halogens is 3. The largest absolute Gasteiger partial charge is 0.491 e. The number of hydrogen-bond acceptors (Lipinski definition) is 3. The molecule has 0 aliphatic carbocycles. The maximum absolute atomic E-state index is 12.8. The minimum Gasteiger partial charge on any atom is -0.491 e. The van der Waals surface area contributed by atoms with E-state index in [0.29, 0.717) is 35.7 Å². The highest BCUT2D eigenvalue weighted by Gasteiger charge is 2.30. The Morgan fingerprint density at radius 3 is 2.07 bits per heavy atom. The molecular weight excluding hydrogens is 373 g/mol. The van der Waals surface area contributed by atoms with Crippen molar-refractivity contribution in [3.8, 4) is 5.75 Å². The third kappa shape index (κ3) is 6.28. The first-order valence-electron chi connectivity index (χ1n) is 8.32. The standard InChI is InChI=1S/C21H19F3O4/c1-27-13-14-28-18-11-7-16(8-12-18)19(3-2-4-20(25)26)15-5-9-17(10-6-15)21(22,23)24/h2-12H,13-14H2,1H3,(H,25,26)/b4-2+,19-3-. The van der Waals surface area contributed by atoms with Crippen LogP contribution in [0.5, 0.6) is 5.75 Å². The zero-order valence-corrected chi connectivity index (χ0v) is 15.1. The van der Waals surface area contributed by atoms with Crippen LogP contribution in [0.1, 0.15) is 16.7 Å². The number of carbonyl (C=O) groups is 1. The SMILES string of the molecule is COCCOc1ccc(/C(=C\C=C\C(=O)O)c2ccc(C(F)(F)F)cc2)cc1. The summed E-state index contributed by atoms with van der Waals surface area (Å²) >= 11 is 0. The molecule has 0 saturated carbocycles. The molecule has 0 aliphatic heterocycles. The van der Waals surface area contributed by atoms with Crippen molar-refractivity contribution in [3.05, 3.63) is 83.4 Å². The van der Waals surface area contributed by atoms with E-state index in [4.69, 9.17) is 14.6 Å². The second-order valence-electron chi connectivity index (χ2n) is 5.72. The van der Waals surface area contributed by atoms with Gasteiger partial charge in [0.25, 0.3) is 0 Å². The zero-order valence-electron chi connectivity index (χ0n) is 15.1. The highest BCUT2D eigenvalue weighted by atomic mass is 19.4. The van der Waals surface area contributed by atoms with Crippen molar-refractivity contribution < 1.29 is 32.5 Å².